The number of rotatable bonds is 0. The predicted molar refractivity (Wildman–Crippen MR) is 71.2 cm³/mol. The molecule has 0 heterocycles. The Balaban J connectivity index is 0.000000442. The minimum Gasteiger partial charge on any atom is -0.0807 e. The molecule has 0 spiro atoms. The van der Waals surface area contributed by atoms with E-state index in [-0.39, 0.29) is 0 Å². The fraction of sp³-hybridized carbons (Fsp3) is 0.733. The van der Waals surface area contributed by atoms with Gasteiger partial charge in [0.15, 0.2) is 0 Å². The molecule has 0 nitrogen and oxygen atoms in total. The number of fused-ring (bicyclic) bond motifs is 1. The Hall–Kier alpha value is -0.520. The van der Waals surface area contributed by atoms with E-state index in [1.165, 1.54) is 44.9 Å². The van der Waals surface area contributed by atoms with Gasteiger partial charge in [0, 0.05) is 0 Å². The van der Waals surface area contributed by atoms with Gasteiger partial charge in [0.05, 0.1) is 0 Å². The lowest BCUT2D eigenvalue weighted by Crippen LogP contribution is -1.92. The van der Waals surface area contributed by atoms with Crippen LogP contribution in [0.2, 0.25) is 0 Å². The van der Waals surface area contributed by atoms with Crippen LogP contribution in [-0.2, 0) is 0 Å². The third-order valence-electron chi connectivity index (χ3n) is 2.75. The molecule has 0 bridgehead atoms. The monoisotopic (exact) mass is 208 g/mol. The molecular formula is C15H28. The van der Waals surface area contributed by atoms with E-state index in [4.69, 9.17) is 0 Å². The summed E-state index contributed by atoms with van der Waals surface area (Å²) in [7, 11) is 0. The maximum absolute atomic E-state index is 2.46. The quantitative estimate of drug-likeness (QED) is 0.482. The molecule has 0 aromatic heterocycles. The van der Waals surface area contributed by atoms with Crippen molar-refractivity contribution < 1.29 is 0 Å². The van der Waals surface area contributed by atoms with Crippen LogP contribution in [0.5, 0.6) is 0 Å². The van der Waals surface area contributed by atoms with E-state index in [1.54, 1.807) is 11.1 Å². The molecule has 88 valence electrons. The van der Waals surface area contributed by atoms with E-state index in [9.17, 15) is 0 Å². The Morgan fingerprint density at radius 1 is 0.667 bits per heavy atom. The topological polar surface area (TPSA) is 0 Å². The zero-order chi connectivity index (χ0) is 11.5. The molecule has 0 aliphatic heterocycles. The van der Waals surface area contributed by atoms with Gasteiger partial charge < -0.3 is 0 Å². The highest BCUT2D eigenvalue weighted by atomic mass is 14.2. The molecule has 2 rings (SSSR count). The molecule has 15 heavy (non-hydrogen) atoms. The largest absolute Gasteiger partial charge is 0.0807 e. The van der Waals surface area contributed by atoms with Crippen molar-refractivity contribution in [2.24, 2.45) is 0 Å². The van der Waals surface area contributed by atoms with E-state index >= 15 is 0 Å². The summed E-state index contributed by atoms with van der Waals surface area (Å²) >= 11 is 0. The second-order valence-corrected chi connectivity index (χ2v) is 3.60. The van der Waals surface area contributed by atoms with Crippen LogP contribution in [-0.4, -0.2) is 0 Å². The Bertz CT molecular complexity index is 174. The molecule has 0 aromatic carbocycles. The maximum atomic E-state index is 2.46. The second-order valence-electron chi connectivity index (χ2n) is 3.60. The SMILES string of the molecule is C1=C2CCCCCC2=CCC1.CC.CC. The smallest absolute Gasteiger partial charge is 0.0279 e. The summed E-state index contributed by atoms with van der Waals surface area (Å²) in [6, 6.07) is 0. The number of hydrogen-bond acceptors (Lipinski definition) is 0. The molecule has 0 unspecified atom stereocenters. The molecular weight excluding hydrogens is 180 g/mol. The van der Waals surface area contributed by atoms with Crippen LogP contribution in [0.4, 0.5) is 0 Å². The van der Waals surface area contributed by atoms with Crippen LogP contribution in [0, 0.1) is 0 Å². The van der Waals surface area contributed by atoms with Gasteiger partial charge in [-0.1, -0.05) is 46.3 Å². The first-order valence-electron chi connectivity index (χ1n) is 6.85. The first kappa shape index (κ1) is 14.5. The van der Waals surface area contributed by atoms with E-state index in [0.29, 0.717) is 0 Å². The highest BCUT2D eigenvalue weighted by Crippen LogP contribution is 2.30. The Kier molecular flexibility index (Phi) is 9.67. The van der Waals surface area contributed by atoms with Crippen molar-refractivity contribution in [3.8, 4) is 0 Å². The molecule has 0 aromatic rings. The Labute approximate surface area is 96.5 Å². The summed E-state index contributed by atoms with van der Waals surface area (Å²) in [5.74, 6) is 0. The molecule has 0 saturated heterocycles. The van der Waals surface area contributed by atoms with Crippen molar-refractivity contribution in [3.63, 3.8) is 0 Å². The van der Waals surface area contributed by atoms with Crippen molar-refractivity contribution >= 4 is 0 Å². The maximum Gasteiger partial charge on any atom is -0.0279 e. The van der Waals surface area contributed by atoms with Gasteiger partial charge in [0.2, 0.25) is 0 Å². The molecule has 0 atom stereocenters. The van der Waals surface area contributed by atoms with E-state index in [1.807, 2.05) is 27.7 Å². The van der Waals surface area contributed by atoms with Crippen LogP contribution in [0.25, 0.3) is 0 Å². The minimum atomic E-state index is 1.29. The first-order chi connectivity index (χ1) is 7.47. The highest BCUT2D eigenvalue weighted by Gasteiger charge is 2.11. The highest BCUT2D eigenvalue weighted by molar-refractivity contribution is 5.34. The second kappa shape index (κ2) is 10.0. The number of allylic oxidation sites excluding steroid dienone is 4. The van der Waals surface area contributed by atoms with Crippen LogP contribution in [0.15, 0.2) is 23.3 Å². The molecule has 2 aliphatic carbocycles. The third kappa shape index (κ3) is 5.20. The first-order valence-corrected chi connectivity index (χ1v) is 6.85. The van der Waals surface area contributed by atoms with Gasteiger partial charge in [-0.3, -0.25) is 0 Å². The van der Waals surface area contributed by atoms with Crippen molar-refractivity contribution in [1.29, 1.82) is 0 Å². The Morgan fingerprint density at radius 2 is 1.07 bits per heavy atom. The van der Waals surface area contributed by atoms with Crippen molar-refractivity contribution in [2.45, 2.75) is 72.6 Å². The third-order valence-corrected chi connectivity index (χ3v) is 2.75. The summed E-state index contributed by atoms with van der Waals surface area (Å²) in [5.41, 5.74) is 3.35. The summed E-state index contributed by atoms with van der Waals surface area (Å²) in [5, 5.41) is 0. The predicted octanol–water partition coefficient (Wildman–Crippen LogP) is 5.65. The average Bonchev–Trinajstić information content (AvgIpc) is 2.59. The fourth-order valence-electron chi connectivity index (χ4n) is 2.11. The van der Waals surface area contributed by atoms with Gasteiger partial charge in [-0.15, -0.1) is 0 Å². The summed E-state index contributed by atoms with van der Waals surface area (Å²) < 4.78 is 0. The van der Waals surface area contributed by atoms with Gasteiger partial charge in [-0.05, 0) is 49.7 Å². The fourth-order valence-corrected chi connectivity index (χ4v) is 2.11. The van der Waals surface area contributed by atoms with E-state index in [2.05, 4.69) is 12.2 Å². The van der Waals surface area contributed by atoms with Gasteiger partial charge in [-0.25, -0.2) is 0 Å². The lowest BCUT2D eigenvalue weighted by atomic mass is 9.94. The summed E-state index contributed by atoms with van der Waals surface area (Å²) in [6.45, 7) is 8.00. The van der Waals surface area contributed by atoms with Crippen LogP contribution >= 0.6 is 0 Å². The molecule has 1 saturated carbocycles. The molecule has 0 heteroatoms. The summed E-state index contributed by atoms with van der Waals surface area (Å²) in [4.78, 5) is 0. The lowest BCUT2D eigenvalue weighted by molar-refractivity contribution is 0.719. The van der Waals surface area contributed by atoms with Crippen LogP contribution < -0.4 is 0 Å². The molecule has 0 N–H and O–H groups in total. The van der Waals surface area contributed by atoms with Crippen molar-refractivity contribution in [2.75, 3.05) is 0 Å². The molecule has 1 fully saturated rings. The normalized spacial score (nSPS) is 18.9. The molecule has 0 radical (unpaired) electrons. The minimum absolute atomic E-state index is 1.29. The van der Waals surface area contributed by atoms with E-state index in [0.717, 1.165) is 0 Å². The van der Waals surface area contributed by atoms with E-state index < -0.39 is 0 Å². The molecule has 0 amide bonds. The standard InChI is InChI=1S/C11H16.2C2H6/c1-2-6-10-8-4-5-9-11(10)7-3-1;2*1-2/h8-9H,1-7H2;2*1-2H3. The van der Waals surface area contributed by atoms with Crippen LogP contribution in [0.1, 0.15) is 72.6 Å². The van der Waals surface area contributed by atoms with Gasteiger partial charge in [0.25, 0.3) is 0 Å². The zero-order valence-electron chi connectivity index (χ0n) is 11.1. The lowest BCUT2D eigenvalue weighted by Gasteiger charge is -2.12. The Morgan fingerprint density at radius 3 is 1.47 bits per heavy atom. The van der Waals surface area contributed by atoms with Crippen molar-refractivity contribution in [1.82, 2.24) is 0 Å². The van der Waals surface area contributed by atoms with Gasteiger partial charge >= 0.3 is 0 Å². The van der Waals surface area contributed by atoms with Crippen LogP contribution in [0.3, 0.4) is 0 Å². The zero-order valence-corrected chi connectivity index (χ0v) is 11.1. The van der Waals surface area contributed by atoms with Gasteiger partial charge in [0.1, 0.15) is 0 Å². The number of hydrogen-bond donors (Lipinski definition) is 0. The average molecular weight is 208 g/mol. The molecule has 2 aliphatic rings. The van der Waals surface area contributed by atoms with Crippen molar-refractivity contribution in [3.05, 3.63) is 23.3 Å². The van der Waals surface area contributed by atoms with Gasteiger partial charge in [-0.2, -0.15) is 0 Å². The summed E-state index contributed by atoms with van der Waals surface area (Å²) in [6.07, 6.45) is 14.5.